The van der Waals surface area contributed by atoms with Gasteiger partial charge in [-0.15, -0.1) is 0 Å². The van der Waals surface area contributed by atoms with Crippen molar-refractivity contribution in [2.75, 3.05) is 7.05 Å². The van der Waals surface area contributed by atoms with E-state index in [0.717, 1.165) is 0 Å². The van der Waals surface area contributed by atoms with Gasteiger partial charge in [-0.3, -0.25) is 9.59 Å². The minimum atomic E-state index is -0.712. The first kappa shape index (κ1) is 21.8. The molecule has 0 saturated carbocycles. The summed E-state index contributed by atoms with van der Waals surface area (Å²) >= 11 is 24.5. The highest BCUT2D eigenvalue weighted by Gasteiger charge is 2.27. The number of rotatable bonds is 6. The summed E-state index contributed by atoms with van der Waals surface area (Å²) in [5.74, 6) is -0.592. The van der Waals surface area contributed by atoms with Crippen LogP contribution in [0.2, 0.25) is 20.1 Å². The first-order chi connectivity index (χ1) is 12.7. The largest absolute Gasteiger partial charge is 0.357 e. The van der Waals surface area contributed by atoms with Crippen LogP contribution in [0.15, 0.2) is 36.4 Å². The highest BCUT2D eigenvalue weighted by atomic mass is 35.5. The molecule has 144 valence electrons. The predicted molar refractivity (Wildman–Crippen MR) is 111 cm³/mol. The van der Waals surface area contributed by atoms with E-state index in [2.05, 4.69) is 5.32 Å². The van der Waals surface area contributed by atoms with Crippen molar-refractivity contribution >= 4 is 58.2 Å². The average Bonchev–Trinajstić information content (AvgIpc) is 2.62. The van der Waals surface area contributed by atoms with Crippen LogP contribution in [0.1, 0.15) is 18.1 Å². The van der Waals surface area contributed by atoms with Crippen molar-refractivity contribution < 1.29 is 9.59 Å². The smallest absolute Gasteiger partial charge is 0.242 e. The molecule has 0 aliphatic rings. The van der Waals surface area contributed by atoms with Crippen molar-refractivity contribution in [1.82, 2.24) is 10.2 Å². The molecule has 0 saturated heterocycles. The Labute approximate surface area is 178 Å². The van der Waals surface area contributed by atoms with E-state index in [1.54, 1.807) is 43.3 Å². The van der Waals surface area contributed by atoms with Crippen molar-refractivity contribution in [1.29, 1.82) is 0 Å². The van der Waals surface area contributed by atoms with Gasteiger partial charge in [0, 0.05) is 33.7 Å². The first-order valence-corrected chi connectivity index (χ1v) is 9.63. The van der Waals surface area contributed by atoms with E-state index < -0.39 is 6.04 Å². The molecule has 0 bridgehead atoms. The lowest BCUT2D eigenvalue weighted by molar-refractivity contribution is -0.139. The molecule has 0 radical (unpaired) electrons. The molecule has 8 heteroatoms. The molecule has 2 amide bonds. The van der Waals surface area contributed by atoms with E-state index in [9.17, 15) is 9.59 Å². The van der Waals surface area contributed by atoms with Gasteiger partial charge in [0.15, 0.2) is 0 Å². The molecular weight excluding hydrogens is 430 g/mol. The number of likely N-dealkylation sites (N-methyl/N-ethyl adjacent to an activating group) is 1. The number of carbonyl (C=O) groups is 2. The zero-order valence-electron chi connectivity index (χ0n) is 14.7. The summed E-state index contributed by atoms with van der Waals surface area (Å²) in [5.41, 5.74) is 1.19. The predicted octanol–water partition coefficient (Wildman–Crippen LogP) is 5.01. The van der Waals surface area contributed by atoms with Crippen LogP contribution in [0, 0.1) is 0 Å². The molecule has 2 aromatic rings. The Bertz CT molecular complexity index is 837. The lowest BCUT2D eigenvalue weighted by Crippen LogP contribution is -2.47. The Morgan fingerprint density at radius 2 is 1.67 bits per heavy atom. The van der Waals surface area contributed by atoms with Crippen LogP contribution in [0.5, 0.6) is 0 Å². The van der Waals surface area contributed by atoms with E-state index in [0.29, 0.717) is 31.2 Å². The van der Waals surface area contributed by atoms with E-state index >= 15 is 0 Å². The summed E-state index contributed by atoms with van der Waals surface area (Å²) in [6.45, 7) is 1.79. The molecule has 0 fully saturated rings. The zero-order valence-corrected chi connectivity index (χ0v) is 17.8. The van der Waals surface area contributed by atoms with E-state index in [1.165, 1.54) is 11.9 Å². The molecule has 0 spiro atoms. The molecule has 4 nitrogen and oxygen atoms in total. The molecule has 2 rings (SSSR count). The second-order valence-electron chi connectivity index (χ2n) is 5.92. The van der Waals surface area contributed by atoms with Gasteiger partial charge in [0.05, 0.1) is 6.42 Å². The maximum Gasteiger partial charge on any atom is 0.242 e. The van der Waals surface area contributed by atoms with Crippen LogP contribution in [0.4, 0.5) is 0 Å². The quantitative estimate of drug-likeness (QED) is 0.676. The maximum atomic E-state index is 13.0. The molecule has 0 aliphatic carbocycles. The first-order valence-electron chi connectivity index (χ1n) is 8.12. The highest BCUT2D eigenvalue weighted by molar-refractivity contribution is 6.36. The van der Waals surface area contributed by atoms with Crippen LogP contribution >= 0.6 is 46.4 Å². The van der Waals surface area contributed by atoms with Gasteiger partial charge in [-0.2, -0.15) is 0 Å². The summed E-state index contributed by atoms with van der Waals surface area (Å²) in [6.07, 6.45) is -0.0367. The summed E-state index contributed by atoms with van der Waals surface area (Å²) in [6, 6.07) is 9.33. The Hall–Kier alpha value is -1.46. The number of benzene rings is 2. The van der Waals surface area contributed by atoms with Crippen molar-refractivity contribution in [3.05, 3.63) is 67.6 Å². The minimum Gasteiger partial charge on any atom is -0.357 e. The second-order valence-corrected chi connectivity index (χ2v) is 7.58. The molecule has 0 heterocycles. The Balaban J connectivity index is 2.34. The van der Waals surface area contributed by atoms with Crippen molar-refractivity contribution in [3.8, 4) is 0 Å². The molecule has 1 N–H and O–H groups in total. The second kappa shape index (κ2) is 9.65. The fourth-order valence-corrected chi connectivity index (χ4v) is 3.58. The monoisotopic (exact) mass is 446 g/mol. The van der Waals surface area contributed by atoms with E-state index in [-0.39, 0.29) is 24.8 Å². The van der Waals surface area contributed by atoms with Gasteiger partial charge < -0.3 is 10.2 Å². The number of amides is 2. The van der Waals surface area contributed by atoms with E-state index in [4.69, 9.17) is 46.4 Å². The number of hydrogen-bond acceptors (Lipinski definition) is 2. The van der Waals surface area contributed by atoms with Gasteiger partial charge in [-0.1, -0.05) is 58.5 Å². The standard InChI is InChI=1S/C19H18Cl4N2O2/c1-11(19(27)24-2)25(10-12-6-7-13(20)8-17(12)23)18(26)9-14-15(21)4-3-5-16(14)22/h3-8,11H,9-10H2,1-2H3,(H,24,27)/t11-/m0/s1. The zero-order chi connectivity index (χ0) is 20.1. The lowest BCUT2D eigenvalue weighted by Gasteiger charge is -2.29. The fourth-order valence-electron chi connectivity index (χ4n) is 2.58. The summed E-state index contributed by atoms with van der Waals surface area (Å²) in [7, 11) is 1.52. The third-order valence-electron chi connectivity index (χ3n) is 4.16. The lowest BCUT2D eigenvalue weighted by atomic mass is 10.1. The molecule has 0 unspecified atom stereocenters. The molecule has 27 heavy (non-hydrogen) atoms. The highest BCUT2D eigenvalue weighted by Crippen LogP contribution is 2.27. The van der Waals surface area contributed by atoms with Crippen molar-refractivity contribution in [2.24, 2.45) is 0 Å². The molecule has 1 atom stereocenters. The molecule has 0 aliphatic heterocycles. The van der Waals surface area contributed by atoms with Gasteiger partial charge in [-0.25, -0.2) is 0 Å². The SMILES string of the molecule is CNC(=O)[C@H](C)N(Cc1ccc(Cl)cc1Cl)C(=O)Cc1c(Cl)cccc1Cl. The summed E-state index contributed by atoms with van der Waals surface area (Å²) < 4.78 is 0. The van der Waals surface area contributed by atoms with Gasteiger partial charge >= 0.3 is 0 Å². The average molecular weight is 448 g/mol. The summed E-state index contributed by atoms with van der Waals surface area (Å²) in [5, 5.41) is 4.26. The van der Waals surface area contributed by atoms with Gasteiger partial charge in [0.2, 0.25) is 11.8 Å². The number of nitrogens with zero attached hydrogens (tertiary/aromatic N) is 1. The topological polar surface area (TPSA) is 49.4 Å². The van der Waals surface area contributed by atoms with Crippen LogP contribution in [-0.2, 0) is 22.6 Å². The number of halogens is 4. The minimum absolute atomic E-state index is 0.0367. The van der Waals surface area contributed by atoms with Gasteiger partial charge in [0.25, 0.3) is 0 Å². The fraction of sp³-hybridized carbons (Fsp3) is 0.263. The van der Waals surface area contributed by atoms with Crippen LogP contribution in [0.25, 0.3) is 0 Å². The van der Waals surface area contributed by atoms with Crippen molar-refractivity contribution in [2.45, 2.75) is 25.9 Å². The molecule has 0 aromatic heterocycles. The van der Waals surface area contributed by atoms with Crippen LogP contribution < -0.4 is 5.32 Å². The third-order valence-corrected chi connectivity index (χ3v) is 5.45. The van der Waals surface area contributed by atoms with Crippen LogP contribution in [-0.4, -0.2) is 29.8 Å². The Morgan fingerprint density at radius 1 is 1.04 bits per heavy atom. The number of nitrogens with one attached hydrogen (secondary N) is 1. The molecular formula is C19H18Cl4N2O2. The van der Waals surface area contributed by atoms with E-state index in [1.807, 2.05) is 0 Å². The van der Waals surface area contributed by atoms with Gasteiger partial charge in [0.1, 0.15) is 6.04 Å². The molecule has 2 aromatic carbocycles. The third kappa shape index (κ3) is 5.52. The number of carbonyl (C=O) groups excluding carboxylic acids is 2. The summed E-state index contributed by atoms with van der Waals surface area (Å²) in [4.78, 5) is 26.6. The maximum absolute atomic E-state index is 13.0. The Kier molecular flexibility index (Phi) is 7.80. The number of hydrogen-bond donors (Lipinski definition) is 1. The normalized spacial score (nSPS) is 11.8. The van der Waals surface area contributed by atoms with Crippen molar-refractivity contribution in [3.63, 3.8) is 0 Å². The van der Waals surface area contributed by atoms with Crippen LogP contribution in [0.3, 0.4) is 0 Å². The van der Waals surface area contributed by atoms with Gasteiger partial charge in [-0.05, 0) is 42.3 Å². The Morgan fingerprint density at radius 3 is 2.22 bits per heavy atom.